The van der Waals surface area contributed by atoms with E-state index in [4.69, 9.17) is 0 Å². The van der Waals surface area contributed by atoms with E-state index in [-0.39, 0.29) is 11.8 Å². The van der Waals surface area contributed by atoms with Crippen molar-refractivity contribution >= 4 is 5.91 Å². The van der Waals surface area contributed by atoms with Crippen LogP contribution < -0.4 is 5.32 Å². The molecule has 0 atom stereocenters. The summed E-state index contributed by atoms with van der Waals surface area (Å²) in [4.78, 5) is 18.5. The van der Waals surface area contributed by atoms with Gasteiger partial charge in [0.1, 0.15) is 0 Å². The molecular formula is C18H24N4O. The van der Waals surface area contributed by atoms with Crippen LogP contribution in [0.4, 0.5) is 0 Å². The number of benzene rings is 1. The number of likely N-dealkylation sites (tertiary alicyclic amines) is 1. The van der Waals surface area contributed by atoms with Gasteiger partial charge in [-0.2, -0.15) is 0 Å². The van der Waals surface area contributed by atoms with Crippen molar-refractivity contribution in [3.8, 4) is 0 Å². The van der Waals surface area contributed by atoms with Gasteiger partial charge in [0.2, 0.25) is 5.91 Å². The molecule has 1 aromatic heterocycles. The first-order chi connectivity index (χ1) is 11.2. The normalized spacial score (nSPS) is 16.4. The molecule has 0 bridgehead atoms. The second-order valence-electron chi connectivity index (χ2n) is 6.35. The van der Waals surface area contributed by atoms with Crippen LogP contribution in [0.2, 0.25) is 0 Å². The summed E-state index contributed by atoms with van der Waals surface area (Å²) >= 11 is 0. The van der Waals surface area contributed by atoms with Gasteiger partial charge in [0.25, 0.3) is 0 Å². The third-order valence-corrected chi connectivity index (χ3v) is 4.50. The third kappa shape index (κ3) is 4.42. The topological polar surface area (TPSA) is 50.2 Å². The molecule has 122 valence electrons. The molecule has 1 fully saturated rings. The van der Waals surface area contributed by atoms with Crippen molar-refractivity contribution in [1.29, 1.82) is 0 Å². The van der Waals surface area contributed by atoms with Crippen molar-refractivity contribution in [2.24, 2.45) is 5.92 Å². The molecule has 0 radical (unpaired) electrons. The molecule has 1 aliphatic rings. The summed E-state index contributed by atoms with van der Waals surface area (Å²) in [5.74, 6) is 0.368. The number of carbonyl (C=O) groups excluding carboxylic acids is 1. The van der Waals surface area contributed by atoms with Crippen molar-refractivity contribution in [3.63, 3.8) is 0 Å². The first-order valence-electron chi connectivity index (χ1n) is 8.20. The Kier molecular flexibility index (Phi) is 5.08. The fourth-order valence-corrected chi connectivity index (χ4v) is 2.96. The van der Waals surface area contributed by atoms with Crippen LogP contribution in [-0.2, 0) is 17.9 Å². The molecule has 2 heterocycles. The highest BCUT2D eigenvalue weighted by molar-refractivity contribution is 5.78. The largest absolute Gasteiger partial charge is 0.352 e. The summed E-state index contributed by atoms with van der Waals surface area (Å²) in [7, 11) is 2.11. The van der Waals surface area contributed by atoms with Gasteiger partial charge in [0.05, 0.1) is 6.33 Å². The van der Waals surface area contributed by atoms with Gasteiger partial charge in [-0.15, -0.1) is 0 Å². The summed E-state index contributed by atoms with van der Waals surface area (Å²) in [6.07, 6.45) is 7.48. The quantitative estimate of drug-likeness (QED) is 0.917. The van der Waals surface area contributed by atoms with E-state index in [2.05, 4.69) is 46.5 Å². The van der Waals surface area contributed by atoms with Crippen molar-refractivity contribution < 1.29 is 4.79 Å². The zero-order chi connectivity index (χ0) is 16.1. The maximum Gasteiger partial charge on any atom is 0.223 e. The first kappa shape index (κ1) is 15.7. The average Bonchev–Trinajstić information content (AvgIpc) is 3.07. The Hall–Kier alpha value is -2.14. The lowest BCUT2D eigenvalue weighted by Gasteiger charge is -2.28. The van der Waals surface area contributed by atoms with Gasteiger partial charge in [0.15, 0.2) is 0 Å². The number of piperidine rings is 1. The van der Waals surface area contributed by atoms with Gasteiger partial charge >= 0.3 is 0 Å². The molecule has 0 aliphatic carbocycles. The van der Waals surface area contributed by atoms with E-state index in [9.17, 15) is 4.79 Å². The minimum atomic E-state index is 0.173. The van der Waals surface area contributed by atoms with Gasteiger partial charge < -0.3 is 14.8 Å². The van der Waals surface area contributed by atoms with Crippen molar-refractivity contribution in [1.82, 2.24) is 19.8 Å². The molecular weight excluding hydrogens is 288 g/mol. The number of amides is 1. The van der Waals surface area contributed by atoms with Crippen molar-refractivity contribution in [2.45, 2.75) is 25.9 Å². The second kappa shape index (κ2) is 7.42. The average molecular weight is 312 g/mol. The number of nitrogens with one attached hydrogen (secondary N) is 1. The Morgan fingerprint density at radius 2 is 1.91 bits per heavy atom. The molecule has 23 heavy (non-hydrogen) atoms. The zero-order valence-corrected chi connectivity index (χ0v) is 13.6. The molecule has 1 saturated heterocycles. The predicted molar refractivity (Wildman–Crippen MR) is 89.8 cm³/mol. The lowest BCUT2D eigenvalue weighted by Crippen LogP contribution is -2.38. The van der Waals surface area contributed by atoms with E-state index in [1.54, 1.807) is 6.20 Å². The van der Waals surface area contributed by atoms with Crippen LogP contribution >= 0.6 is 0 Å². The van der Waals surface area contributed by atoms with Crippen LogP contribution in [0.1, 0.15) is 24.0 Å². The lowest BCUT2D eigenvalue weighted by molar-refractivity contribution is -0.126. The predicted octanol–water partition coefficient (Wildman–Crippen LogP) is 1.89. The summed E-state index contributed by atoms with van der Waals surface area (Å²) in [5, 5.41) is 3.08. The number of hydrogen-bond donors (Lipinski definition) is 1. The van der Waals surface area contributed by atoms with Gasteiger partial charge in [-0.25, -0.2) is 4.98 Å². The Bertz CT molecular complexity index is 613. The van der Waals surface area contributed by atoms with Gasteiger partial charge in [-0.05, 0) is 44.1 Å². The fraction of sp³-hybridized carbons (Fsp3) is 0.444. The van der Waals surface area contributed by atoms with Crippen LogP contribution in [0.15, 0.2) is 43.0 Å². The molecule has 0 saturated carbocycles. The van der Waals surface area contributed by atoms with Crippen molar-refractivity contribution in [2.75, 3.05) is 20.1 Å². The van der Waals surface area contributed by atoms with Crippen LogP contribution in [0.25, 0.3) is 0 Å². The Balaban J connectivity index is 1.47. The Morgan fingerprint density at radius 3 is 2.57 bits per heavy atom. The summed E-state index contributed by atoms with van der Waals surface area (Å²) in [6.45, 7) is 3.46. The Morgan fingerprint density at radius 1 is 1.22 bits per heavy atom. The number of carbonyl (C=O) groups is 1. The van der Waals surface area contributed by atoms with E-state index >= 15 is 0 Å². The third-order valence-electron chi connectivity index (χ3n) is 4.50. The number of imidazole rings is 1. The standard InChI is InChI=1S/C18H24N4O/c1-21-9-6-17(7-10-21)18(23)20-12-15-2-4-16(5-3-15)13-22-11-8-19-14-22/h2-5,8,11,14,17H,6-7,9-10,12-13H2,1H3,(H,20,23). The molecule has 2 aromatic rings. The smallest absolute Gasteiger partial charge is 0.223 e. The number of rotatable bonds is 5. The SMILES string of the molecule is CN1CCC(C(=O)NCc2ccc(Cn3ccnc3)cc2)CC1. The second-order valence-corrected chi connectivity index (χ2v) is 6.35. The lowest BCUT2D eigenvalue weighted by atomic mass is 9.96. The van der Waals surface area contributed by atoms with Gasteiger partial charge in [-0.1, -0.05) is 24.3 Å². The maximum absolute atomic E-state index is 12.2. The minimum Gasteiger partial charge on any atom is -0.352 e. The molecule has 0 unspecified atom stereocenters. The molecule has 1 aromatic carbocycles. The van der Waals surface area contributed by atoms with Crippen LogP contribution in [0.3, 0.4) is 0 Å². The zero-order valence-electron chi connectivity index (χ0n) is 13.6. The number of aromatic nitrogens is 2. The molecule has 5 heteroatoms. The molecule has 1 amide bonds. The van der Waals surface area contributed by atoms with E-state index < -0.39 is 0 Å². The molecule has 5 nitrogen and oxygen atoms in total. The molecule has 0 spiro atoms. The van der Waals surface area contributed by atoms with E-state index in [0.29, 0.717) is 6.54 Å². The van der Waals surface area contributed by atoms with E-state index in [0.717, 1.165) is 38.0 Å². The summed E-state index contributed by atoms with van der Waals surface area (Å²) < 4.78 is 2.04. The first-order valence-corrected chi connectivity index (χ1v) is 8.20. The number of nitrogens with zero attached hydrogens (tertiary/aromatic N) is 3. The van der Waals surface area contributed by atoms with Gasteiger partial charge in [0, 0.05) is 31.4 Å². The monoisotopic (exact) mass is 312 g/mol. The fourth-order valence-electron chi connectivity index (χ4n) is 2.96. The van der Waals surface area contributed by atoms with Crippen LogP contribution in [0.5, 0.6) is 0 Å². The summed E-state index contributed by atoms with van der Waals surface area (Å²) in [6, 6.07) is 8.39. The van der Waals surface area contributed by atoms with E-state index in [1.165, 1.54) is 5.56 Å². The highest BCUT2D eigenvalue weighted by atomic mass is 16.1. The molecule has 3 rings (SSSR count). The van der Waals surface area contributed by atoms with Crippen LogP contribution in [0, 0.1) is 5.92 Å². The highest BCUT2D eigenvalue weighted by Crippen LogP contribution is 2.16. The van der Waals surface area contributed by atoms with Crippen LogP contribution in [-0.4, -0.2) is 40.5 Å². The molecule has 1 N–H and O–H groups in total. The van der Waals surface area contributed by atoms with Gasteiger partial charge in [-0.3, -0.25) is 4.79 Å². The van der Waals surface area contributed by atoms with Crippen molar-refractivity contribution in [3.05, 3.63) is 54.1 Å². The summed E-state index contributed by atoms with van der Waals surface area (Å²) in [5.41, 5.74) is 2.37. The highest BCUT2D eigenvalue weighted by Gasteiger charge is 2.22. The van der Waals surface area contributed by atoms with E-state index in [1.807, 2.05) is 17.1 Å². The Labute approximate surface area is 137 Å². The number of hydrogen-bond acceptors (Lipinski definition) is 3. The minimum absolute atomic E-state index is 0.173. The molecule has 1 aliphatic heterocycles. The maximum atomic E-state index is 12.2.